The highest BCUT2D eigenvalue weighted by molar-refractivity contribution is 9.10. The van der Waals surface area contributed by atoms with Gasteiger partial charge in [-0.1, -0.05) is 12.2 Å². The molecule has 5 rings (SSSR count). The average molecular weight is 526 g/mol. The highest BCUT2D eigenvalue weighted by Crippen LogP contribution is 2.52. The summed E-state index contributed by atoms with van der Waals surface area (Å²) in [6, 6.07) is 9.49. The molecule has 0 radical (unpaired) electrons. The molecule has 2 fully saturated rings. The number of hydrazone groups is 1. The van der Waals surface area contributed by atoms with Gasteiger partial charge in [-0.3, -0.25) is 19.7 Å². The monoisotopic (exact) mass is 525 g/mol. The summed E-state index contributed by atoms with van der Waals surface area (Å²) < 4.78 is 11.9. The number of halogens is 1. The number of methoxy groups -OCH3 is 1. The Morgan fingerprint density at radius 2 is 1.76 bits per heavy atom. The molecule has 1 saturated carbocycles. The first kappa shape index (κ1) is 22.3. The zero-order valence-corrected chi connectivity index (χ0v) is 19.7. The van der Waals surface area contributed by atoms with E-state index in [4.69, 9.17) is 9.47 Å². The summed E-state index contributed by atoms with van der Waals surface area (Å²) in [7, 11) is 1.50. The van der Waals surface area contributed by atoms with Gasteiger partial charge < -0.3 is 9.47 Å². The predicted molar refractivity (Wildman–Crippen MR) is 125 cm³/mol. The van der Waals surface area contributed by atoms with Crippen LogP contribution in [0.4, 0.5) is 5.69 Å². The van der Waals surface area contributed by atoms with E-state index in [1.165, 1.54) is 25.5 Å². The van der Waals surface area contributed by atoms with Crippen molar-refractivity contribution in [1.29, 1.82) is 0 Å². The van der Waals surface area contributed by atoms with E-state index in [1.54, 1.807) is 24.3 Å². The minimum atomic E-state index is -0.456. The third-order valence-electron chi connectivity index (χ3n) is 6.58. The topological polar surface area (TPSA) is 111 Å². The largest absolute Gasteiger partial charge is 0.493 e. The molecule has 2 aliphatic carbocycles. The molecule has 2 bridgehead atoms. The van der Waals surface area contributed by atoms with E-state index >= 15 is 0 Å². The third-order valence-corrected chi connectivity index (χ3v) is 7.27. The highest BCUT2D eigenvalue weighted by atomic mass is 79.9. The van der Waals surface area contributed by atoms with Crippen LogP contribution >= 0.6 is 15.9 Å². The van der Waals surface area contributed by atoms with E-state index in [9.17, 15) is 19.7 Å². The summed E-state index contributed by atoms with van der Waals surface area (Å²) in [4.78, 5) is 36.0. The summed E-state index contributed by atoms with van der Waals surface area (Å²) in [6.07, 6.45) is 6.41. The van der Waals surface area contributed by atoms with Crippen LogP contribution in [0.3, 0.4) is 0 Å². The number of nitrogens with zero attached hydrogens (tertiary/aromatic N) is 3. The van der Waals surface area contributed by atoms with Gasteiger partial charge in [0.2, 0.25) is 0 Å². The minimum Gasteiger partial charge on any atom is -0.493 e. The van der Waals surface area contributed by atoms with Gasteiger partial charge in [-0.2, -0.15) is 10.1 Å². The molecule has 10 heteroatoms. The normalized spacial score (nSPS) is 24.8. The molecule has 2 amide bonds. The van der Waals surface area contributed by atoms with Crippen molar-refractivity contribution < 1.29 is 24.0 Å². The lowest BCUT2D eigenvalue weighted by Crippen LogP contribution is -2.28. The second kappa shape index (κ2) is 8.68. The predicted octanol–water partition coefficient (Wildman–Crippen LogP) is 4.09. The number of nitro benzene ring substituents is 1. The van der Waals surface area contributed by atoms with Crippen LogP contribution in [0, 0.1) is 33.8 Å². The molecule has 2 aromatic rings. The van der Waals surface area contributed by atoms with Crippen molar-refractivity contribution >= 4 is 39.6 Å². The van der Waals surface area contributed by atoms with Crippen LogP contribution in [0.5, 0.6) is 11.5 Å². The number of carbonyl (C=O) groups is 2. The Hall–Kier alpha value is -3.53. The molecule has 1 saturated heterocycles. The lowest BCUT2D eigenvalue weighted by atomic mass is 9.85. The minimum absolute atomic E-state index is 0.00947. The molecular formula is C24H20BrN3O6. The molecule has 34 heavy (non-hydrogen) atoms. The lowest BCUT2D eigenvalue weighted by molar-refractivity contribution is -0.384. The number of carbonyl (C=O) groups excluding carboxylic acids is 2. The number of allylic oxidation sites excluding steroid dienone is 2. The van der Waals surface area contributed by atoms with Gasteiger partial charge in [-0.05, 0) is 64.0 Å². The summed E-state index contributed by atoms with van der Waals surface area (Å²) >= 11 is 3.48. The fourth-order valence-electron chi connectivity index (χ4n) is 4.92. The van der Waals surface area contributed by atoms with Gasteiger partial charge in [0.05, 0.1) is 30.1 Å². The molecular weight excluding hydrogens is 506 g/mol. The zero-order valence-electron chi connectivity index (χ0n) is 18.1. The molecule has 0 spiro atoms. The van der Waals surface area contributed by atoms with Crippen LogP contribution in [0.15, 0.2) is 58.1 Å². The smallest absolute Gasteiger partial charge is 0.269 e. The van der Waals surface area contributed by atoms with Crippen molar-refractivity contribution in [1.82, 2.24) is 5.01 Å². The standard InChI is InChI=1S/C24H20BrN3O6/c1-33-19-9-16(11-26-27-23(29)21-14-4-5-15(8-14)22(21)24(27)30)18(25)10-20(19)34-12-13-2-6-17(7-3-13)28(31)32/h2-7,9-11,14-15,21-22H,8,12H2,1H3/t14-,15-,21-,22+/m0/s1. The van der Waals surface area contributed by atoms with E-state index in [-0.39, 0.29) is 47.8 Å². The molecule has 2 aromatic carbocycles. The van der Waals surface area contributed by atoms with Crippen LogP contribution in [-0.2, 0) is 16.2 Å². The van der Waals surface area contributed by atoms with E-state index in [1.807, 2.05) is 12.2 Å². The number of hydrogen-bond acceptors (Lipinski definition) is 7. The lowest BCUT2D eigenvalue weighted by Gasteiger charge is -2.14. The summed E-state index contributed by atoms with van der Waals surface area (Å²) in [5.41, 5.74) is 1.38. The Morgan fingerprint density at radius 1 is 1.12 bits per heavy atom. The molecule has 4 atom stereocenters. The fourth-order valence-corrected chi connectivity index (χ4v) is 5.34. The van der Waals surface area contributed by atoms with E-state index in [2.05, 4.69) is 21.0 Å². The zero-order chi connectivity index (χ0) is 24.0. The molecule has 174 valence electrons. The van der Waals surface area contributed by atoms with E-state index in [0.29, 0.717) is 21.5 Å². The van der Waals surface area contributed by atoms with Crippen molar-refractivity contribution in [2.45, 2.75) is 13.0 Å². The maximum absolute atomic E-state index is 12.8. The van der Waals surface area contributed by atoms with Crippen molar-refractivity contribution in [2.24, 2.45) is 28.8 Å². The van der Waals surface area contributed by atoms with Crippen molar-refractivity contribution in [3.05, 3.63) is 74.3 Å². The Bertz CT molecular complexity index is 1210. The Labute approximate surface area is 203 Å². The first-order valence-electron chi connectivity index (χ1n) is 10.7. The number of fused-ring (bicyclic) bond motifs is 5. The quantitative estimate of drug-likeness (QED) is 0.177. The van der Waals surface area contributed by atoms with E-state index in [0.717, 1.165) is 17.0 Å². The van der Waals surface area contributed by atoms with Crippen LogP contribution in [0.2, 0.25) is 0 Å². The van der Waals surface area contributed by atoms with Gasteiger partial charge >= 0.3 is 0 Å². The first-order valence-corrected chi connectivity index (χ1v) is 11.5. The highest BCUT2D eigenvalue weighted by Gasteiger charge is 2.59. The summed E-state index contributed by atoms with van der Waals surface area (Å²) in [5, 5.41) is 16.0. The maximum atomic E-state index is 12.8. The number of rotatable bonds is 7. The van der Waals surface area contributed by atoms with Gasteiger partial charge in [0.25, 0.3) is 17.5 Å². The number of nitro groups is 1. The van der Waals surface area contributed by atoms with Gasteiger partial charge in [-0.25, -0.2) is 0 Å². The average Bonchev–Trinajstić information content (AvgIpc) is 3.51. The Balaban J connectivity index is 1.31. The molecule has 0 aromatic heterocycles. The summed E-state index contributed by atoms with van der Waals surface area (Å²) in [6.45, 7) is 0.185. The van der Waals surface area contributed by atoms with Gasteiger partial charge in [0.15, 0.2) is 11.5 Å². The van der Waals surface area contributed by atoms with Crippen molar-refractivity contribution in [2.75, 3.05) is 7.11 Å². The molecule has 0 unspecified atom stereocenters. The van der Waals surface area contributed by atoms with Crippen molar-refractivity contribution in [3.8, 4) is 11.5 Å². The number of imide groups is 1. The summed E-state index contributed by atoms with van der Waals surface area (Å²) in [5.74, 6) is 0.0700. The second-order valence-corrected chi connectivity index (χ2v) is 9.32. The molecule has 3 aliphatic rings. The fraction of sp³-hybridized carbons (Fsp3) is 0.292. The number of hydrogen-bond donors (Lipinski definition) is 0. The van der Waals surface area contributed by atoms with Crippen LogP contribution in [0.1, 0.15) is 17.5 Å². The van der Waals surface area contributed by atoms with Crippen molar-refractivity contribution in [3.63, 3.8) is 0 Å². The van der Waals surface area contributed by atoms with Crippen LogP contribution < -0.4 is 9.47 Å². The van der Waals surface area contributed by atoms with Gasteiger partial charge in [0, 0.05) is 22.2 Å². The van der Waals surface area contributed by atoms with Crippen LogP contribution in [-0.4, -0.2) is 35.1 Å². The molecule has 9 nitrogen and oxygen atoms in total. The van der Waals surface area contributed by atoms with Crippen LogP contribution in [0.25, 0.3) is 0 Å². The molecule has 1 heterocycles. The second-order valence-electron chi connectivity index (χ2n) is 8.47. The van der Waals surface area contributed by atoms with Gasteiger partial charge in [-0.15, -0.1) is 0 Å². The van der Waals surface area contributed by atoms with Gasteiger partial charge in [0.1, 0.15) is 6.61 Å². The molecule has 0 N–H and O–H groups in total. The van der Waals surface area contributed by atoms with E-state index < -0.39 is 4.92 Å². The number of ether oxygens (including phenoxy) is 2. The third kappa shape index (κ3) is 3.77. The Morgan fingerprint density at radius 3 is 2.35 bits per heavy atom. The Kier molecular flexibility index (Phi) is 5.68. The SMILES string of the molecule is COc1cc(C=NN2C(=O)[C@@H]3[C@H](C2=O)[C@H]2C=C[C@H]3C2)c(Br)cc1OCc1ccc([N+](=O)[O-])cc1. The number of amides is 2. The number of non-ortho nitro benzene ring substituents is 1. The number of benzene rings is 2. The first-order chi connectivity index (χ1) is 16.4. The maximum Gasteiger partial charge on any atom is 0.269 e. The molecule has 1 aliphatic heterocycles.